The van der Waals surface area contributed by atoms with Gasteiger partial charge in [-0.25, -0.2) is 9.78 Å². The zero-order chi connectivity index (χ0) is 16.2. The van der Waals surface area contributed by atoms with Crippen molar-refractivity contribution in [1.29, 1.82) is 0 Å². The van der Waals surface area contributed by atoms with E-state index in [1.807, 2.05) is 6.07 Å². The Morgan fingerprint density at radius 1 is 1.30 bits per heavy atom. The number of Topliss-reactive ketones (excluding diaryl/α,β-unsaturated/α-hetero) is 1. The number of pyridine rings is 1. The molecule has 1 aromatic carbocycles. The van der Waals surface area contributed by atoms with Gasteiger partial charge >= 0.3 is 6.09 Å². The molecule has 1 fully saturated rings. The molecule has 23 heavy (non-hydrogen) atoms. The van der Waals surface area contributed by atoms with E-state index in [1.54, 1.807) is 42.6 Å². The van der Waals surface area contributed by atoms with Crippen molar-refractivity contribution in [1.82, 2.24) is 4.98 Å². The van der Waals surface area contributed by atoms with E-state index in [0.29, 0.717) is 17.1 Å². The highest BCUT2D eigenvalue weighted by Crippen LogP contribution is 2.24. The average molecular weight is 312 g/mol. The monoisotopic (exact) mass is 312 g/mol. The molecule has 0 bridgehead atoms. The van der Waals surface area contributed by atoms with Crippen LogP contribution >= 0.6 is 0 Å². The molecule has 1 amide bonds. The molecule has 1 aromatic heterocycles. The van der Waals surface area contributed by atoms with E-state index < -0.39 is 6.09 Å². The van der Waals surface area contributed by atoms with Gasteiger partial charge in [0.25, 0.3) is 0 Å². The molecule has 0 unspecified atom stereocenters. The highest BCUT2D eigenvalue weighted by Gasteiger charge is 2.34. The molecule has 0 radical (unpaired) electrons. The number of hydrogen-bond acceptors (Lipinski definition) is 5. The van der Waals surface area contributed by atoms with Gasteiger partial charge in [0.15, 0.2) is 5.78 Å². The first-order valence-electron chi connectivity index (χ1n) is 7.26. The van der Waals surface area contributed by atoms with E-state index >= 15 is 0 Å². The van der Waals surface area contributed by atoms with Crippen molar-refractivity contribution in [3.63, 3.8) is 0 Å². The number of aromatic nitrogens is 1. The lowest BCUT2D eigenvalue weighted by Crippen LogP contribution is -2.37. The third-order valence-corrected chi connectivity index (χ3v) is 3.57. The molecule has 0 spiro atoms. The topological polar surface area (TPSA) is 68.7 Å². The summed E-state index contributed by atoms with van der Waals surface area (Å²) in [5.41, 5.74) is 1.27. The minimum absolute atomic E-state index is 0.0180. The highest BCUT2D eigenvalue weighted by molar-refractivity contribution is 5.95. The number of hydrogen-bond donors (Lipinski definition) is 0. The van der Waals surface area contributed by atoms with Gasteiger partial charge in [0, 0.05) is 23.5 Å². The molecule has 0 saturated carbocycles. The number of nitrogens with zero attached hydrogens (tertiary/aromatic N) is 2. The Kier molecular flexibility index (Phi) is 4.23. The minimum atomic E-state index is -0.421. The van der Waals surface area contributed by atoms with Crippen LogP contribution in [0.1, 0.15) is 17.3 Å². The molecular weight excluding hydrogens is 296 g/mol. The fraction of sp³-hybridized carbons (Fsp3) is 0.235. The Morgan fingerprint density at radius 3 is 2.74 bits per heavy atom. The van der Waals surface area contributed by atoms with Crippen LogP contribution in [0.25, 0.3) is 0 Å². The Labute approximate surface area is 133 Å². The third kappa shape index (κ3) is 3.31. The molecule has 6 heteroatoms. The molecule has 1 aliphatic rings. The number of cyclic esters (lactones) is 1. The predicted molar refractivity (Wildman–Crippen MR) is 83.8 cm³/mol. The van der Waals surface area contributed by atoms with Crippen LogP contribution in [0.15, 0.2) is 48.7 Å². The molecule has 1 aliphatic heterocycles. The molecule has 118 valence electrons. The van der Waals surface area contributed by atoms with Gasteiger partial charge in [0.1, 0.15) is 19.3 Å². The highest BCUT2D eigenvalue weighted by atomic mass is 16.6. The average Bonchev–Trinajstić information content (AvgIpc) is 2.95. The lowest BCUT2D eigenvalue weighted by Gasteiger charge is -2.21. The lowest BCUT2D eigenvalue weighted by molar-refractivity contribution is 0.101. The van der Waals surface area contributed by atoms with Gasteiger partial charge < -0.3 is 9.47 Å². The maximum atomic E-state index is 12.0. The Morgan fingerprint density at radius 2 is 2.09 bits per heavy atom. The number of amides is 1. The van der Waals surface area contributed by atoms with Crippen LogP contribution in [0.5, 0.6) is 5.88 Å². The summed E-state index contributed by atoms with van der Waals surface area (Å²) in [4.78, 5) is 28.9. The molecule has 0 aliphatic carbocycles. The van der Waals surface area contributed by atoms with Gasteiger partial charge in [-0.05, 0) is 37.3 Å². The first kappa shape index (κ1) is 15.0. The minimum Gasteiger partial charge on any atom is -0.475 e. The molecule has 3 rings (SSSR count). The van der Waals surface area contributed by atoms with Crippen molar-refractivity contribution in [3.05, 3.63) is 54.2 Å². The SMILES string of the molecule is CC(=O)c1ccc(N2C(=O)OC[C@H]2COc2ccccn2)cc1. The zero-order valence-corrected chi connectivity index (χ0v) is 12.6. The van der Waals surface area contributed by atoms with Gasteiger partial charge in [-0.15, -0.1) is 0 Å². The van der Waals surface area contributed by atoms with Gasteiger partial charge in [-0.3, -0.25) is 9.69 Å². The fourth-order valence-electron chi connectivity index (χ4n) is 2.37. The van der Waals surface area contributed by atoms with Crippen LogP contribution in [0.2, 0.25) is 0 Å². The zero-order valence-electron chi connectivity index (χ0n) is 12.6. The smallest absolute Gasteiger partial charge is 0.414 e. The molecule has 2 heterocycles. The molecule has 0 N–H and O–H groups in total. The van der Waals surface area contributed by atoms with Crippen molar-refractivity contribution in [3.8, 4) is 5.88 Å². The van der Waals surface area contributed by atoms with Crippen molar-refractivity contribution in [2.75, 3.05) is 18.1 Å². The Bertz CT molecular complexity index is 700. The van der Waals surface area contributed by atoms with Crippen LogP contribution in [-0.2, 0) is 4.74 Å². The van der Waals surface area contributed by atoms with Crippen molar-refractivity contribution in [2.24, 2.45) is 0 Å². The summed E-state index contributed by atoms with van der Waals surface area (Å²) in [6, 6.07) is 12.0. The number of ketones is 1. The quantitative estimate of drug-likeness (QED) is 0.794. The molecule has 1 atom stereocenters. The number of carbonyl (C=O) groups is 2. The second kappa shape index (κ2) is 6.48. The lowest BCUT2D eigenvalue weighted by atomic mass is 10.1. The summed E-state index contributed by atoms with van der Waals surface area (Å²) in [7, 11) is 0. The number of ether oxygens (including phenoxy) is 2. The van der Waals surface area contributed by atoms with Crippen LogP contribution in [0.3, 0.4) is 0 Å². The molecule has 2 aromatic rings. The second-order valence-electron chi connectivity index (χ2n) is 5.18. The van der Waals surface area contributed by atoms with E-state index in [1.165, 1.54) is 11.8 Å². The Balaban J connectivity index is 1.73. The maximum absolute atomic E-state index is 12.0. The summed E-state index contributed by atoms with van der Waals surface area (Å²) in [5, 5.41) is 0. The van der Waals surface area contributed by atoms with E-state index in [0.717, 1.165) is 0 Å². The standard InChI is InChI=1S/C17H16N2O4/c1-12(20)13-5-7-14(8-6-13)19-15(11-23-17(19)21)10-22-16-4-2-3-9-18-16/h2-9,15H,10-11H2,1H3/t15-/m1/s1. The normalized spacial score (nSPS) is 17.0. The molecular formula is C17H16N2O4. The Hall–Kier alpha value is -2.89. The third-order valence-electron chi connectivity index (χ3n) is 3.57. The maximum Gasteiger partial charge on any atom is 0.414 e. The van der Waals surface area contributed by atoms with E-state index in [4.69, 9.17) is 9.47 Å². The van der Waals surface area contributed by atoms with Crippen LogP contribution in [-0.4, -0.2) is 36.1 Å². The molecule has 6 nitrogen and oxygen atoms in total. The molecule has 1 saturated heterocycles. The van der Waals surface area contributed by atoms with Gasteiger partial charge in [-0.2, -0.15) is 0 Å². The predicted octanol–water partition coefficient (Wildman–Crippen LogP) is 2.69. The number of benzene rings is 1. The van der Waals surface area contributed by atoms with Crippen LogP contribution < -0.4 is 9.64 Å². The van der Waals surface area contributed by atoms with E-state index in [2.05, 4.69) is 4.98 Å². The van der Waals surface area contributed by atoms with Gasteiger partial charge in [0.05, 0.1) is 0 Å². The largest absolute Gasteiger partial charge is 0.475 e. The summed E-state index contributed by atoms with van der Waals surface area (Å²) in [6.45, 7) is 2.03. The summed E-state index contributed by atoms with van der Waals surface area (Å²) < 4.78 is 10.7. The first-order chi connectivity index (χ1) is 11.1. The number of carbonyl (C=O) groups excluding carboxylic acids is 2. The van der Waals surface area contributed by atoms with Crippen LogP contribution in [0, 0.1) is 0 Å². The summed E-state index contributed by atoms with van der Waals surface area (Å²) in [5.74, 6) is 0.481. The number of rotatable bonds is 5. The van der Waals surface area contributed by atoms with E-state index in [-0.39, 0.29) is 25.0 Å². The second-order valence-corrected chi connectivity index (χ2v) is 5.18. The van der Waals surface area contributed by atoms with Crippen molar-refractivity contribution >= 4 is 17.6 Å². The fourth-order valence-corrected chi connectivity index (χ4v) is 2.37. The van der Waals surface area contributed by atoms with E-state index in [9.17, 15) is 9.59 Å². The van der Waals surface area contributed by atoms with Gasteiger partial charge in [-0.1, -0.05) is 6.07 Å². The van der Waals surface area contributed by atoms with Gasteiger partial charge in [0.2, 0.25) is 5.88 Å². The summed E-state index contributed by atoms with van der Waals surface area (Å²) in [6.07, 6.45) is 1.22. The van der Waals surface area contributed by atoms with Crippen LogP contribution in [0.4, 0.5) is 10.5 Å². The first-order valence-corrected chi connectivity index (χ1v) is 7.26. The van der Waals surface area contributed by atoms with Crippen molar-refractivity contribution < 1.29 is 19.1 Å². The van der Waals surface area contributed by atoms with Crippen molar-refractivity contribution in [2.45, 2.75) is 13.0 Å². The number of anilines is 1. The summed E-state index contributed by atoms with van der Waals surface area (Å²) >= 11 is 0.